The second kappa shape index (κ2) is 6.65. The number of amides is 1. The number of hydrogen-bond donors (Lipinski definition) is 1. The van der Waals surface area contributed by atoms with E-state index in [1.807, 2.05) is 0 Å². The molecule has 2 atom stereocenters. The zero-order valence-corrected chi connectivity index (χ0v) is 12.0. The smallest absolute Gasteiger partial charge is 0.270 e. The third-order valence-corrected chi connectivity index (χ3v) is 4.22. The zero-order valence-electron chi connectivity index (χ0n) is 12.0. The molecular formula is C15H19FN2O3. The third kappa shape index (κ3) is 3.77. The Morgan fingerprint density at radius 2 is 2.14 bits per heavy atom. The Kier molecular flexibility index (Phi) is 4.88. The summed E-state index contributed by atoms with van der Waals surface area (Å²) in [5.41, 5.74) is -0.555. The van der Waals surface area contributed by atoms with Crippen LogP contribution in [0.2, 0.25) is 0 Å². The van der Waals surface area contributed by atoms with Crippen molar-refractivity contribution in [3.05, 3.63) is 39.7 Å². The first kappa shape index (κ1) is 15.4. The van der Waals surface area contributed by atoms with E-state index in [0.717, 1.165) is 37.5 Å². The Bertz CT molecular complexity index is 548. The molecule has 1 aromatic rings. The standard InChI is InChI=1S/C15H19FN2O3/c1-10-4-2-3-5-11(10)9-17-15(19)13-8-12(18(20)21)6-7-14(13)16/h6-8,10-11H,2-5,9H2,1H3,(H,17,19). The van der Waals surface area contributed by atoms with Crippen LogP contribution < -0.4 is 5.32 Å². The maximum atomic E-state index is 13.6. The summed E-state index contributed by atoms with van der Waals surface area (Å²) in [6, 6.07) is 2.99. The molecule has 0 spiro atoms. The minimum Gasteiger partial charge on any atom is -0.352 e. The molecule has 1 aromatic carbocycles. The van der Waals surface area contributed by atoms with Crippen molar-refractivity contribution < 1.29 is 14.1 Å². The Morgan fingerprint density at radius 1 is 1.43 bits per heavy atom. The van der Waals surface area contributed by atoms with Crippen LogP contribution in [-0.2, 0) is 0 Å². The first-order valence-electron chi connectivity index (χ1n) is 7.21. The number of benzene rings is 1. The summed E-state index contributed by atoms with van der Waals surface area (Å²) in [4.78, 5) is 22.1. The van der Waals surface area contributed by atoms with Gasteiger partial charge in [-0.25, -0.2) is 4.39 Å². The molecule has 5 nitrogen and oxygen atoms in total. The van der Waals surface area contributed by atoms with Gasteiger partial charge < -0.3 is 5.32 Å². The number of carbonyl (C=O) groups is 1. The molecule has 2 unspecified atom stereocenters. The lowest BCUT2D eigenvalue weighted by atomic mass is 9.80. The SMILES string of the molecule is CC1CCCCC1CNC(=O)c1cc([N+](=O)[O-])ccc1F. The largest absolute Gasteiger partial charge is 0.352 e. The number of carbonyl (C=O) groups excluding carboxylic acids is 1. The van der Waals surface area contributed by atoms with Crippen LogP contribution >= 0.6 is 0 Å². The number of nitrogens with zero attached hydrogens (tertiary/aromatic N) is 1. The second-order valence-corrected chi connectivity index (χ2v) is 5.65. The van der Waals surface area contributed by atoms with E-state index in [0.29, 0.717) is 18.4 Å². The van der Waals surface area contributed by atoms with Crippen LogP contribution in [-0.4, -0.2) is 17.4 Å². The van der Waals surface area contributed by atoms with Gasteiger partial charge in [0.25, 0.3) is 11.6 Å². The Morgan fingerprint density at radius 3 is 2.81 bits per heavy atom. The first-order valence-corrected chi connectivity index (χ1v) is 7.21. The highest BCUT2D eigenvalue weighted by Gasteiger charge is 2.23. The van der Waals surface area contributed by atoms with Gasteiger partial charge in [-0.05, 0) is 24.3 Å². The van der Waals surface area contributed by atoms with Crippen LogP contribution in [0.3, 0.4) is 0 Å². The molecule has 0 saturated heterocycles. The molecule has 0 bridgehead atoms. The highest BCUT2D eigenvalue weighted by Crippen LogP contribution is 2.29. The summed E-state index contributed by atoms with van der Waals surface area (Å²) in [5, 5.41) is 13.4. The molecule has 1 aliphatic rings. The number of nitrogens with one attached hydrogen (secondary N) is 1. The molecule has 114 valence electrons. The van der Waals surface area contributed by atoms with Gasteiger partial charge in [0.1, 0.15) is 5.82 Å². The first-order chi connectivity index (χ1) is 9.99. The van der Waals surface area contributed by atoms with E-state index in [9.17, 15) is 19.3 Å². The molecule has 2 rings (SSSR count). The summed E-state index contributed by atoms with van der Waals surface area (Å²) < 4.78 is 13.6. The molecule has 21 heavy (non-hydrogen) atoms. The normalized spacial score (nSPS) is 21.8. The Hall–Kier alpha value is -1.98. The number of nitro groups is 1. The molecule has 6 heteroatoms. The van der Waals surface area contributed by atoms with Gasteiger partial charge in [0, 0.05) is 18.7 Å². The Balaban J connectivity index is 2.02. The Labute approximate surface area is 122 Å². The quantitative estimate of drug-likeness (QED) is 0.684. The maximum Gasteiger partial charge on any atom is 0.270 e. The number of halogens is 1. The molecular weight excluding hydrogens is 275 g/mol. The van der Waals surface area contributed by atoms with Crippen molar-refractivity contribution >= 4 is 11.6 Å². The molecule has 0 radical (unpaired) electrons. The number of rotatable bonds is 4. The number of nitro benzene ring substituents is 1. The topological polar surface area (TPSA) is 72.2 Å². The average Bonchev–Trinajstić information content (AvgIpc) is 2.46. The van der Waals surface area contributed by atoms with Crippen molar-refractivity contribution in [2.75, 3.05) is 6.54 Å². The molecule has 1 fully saturated rings. The van der Waals surface area contributed by atoms with Crippen LogP contribution in [0, 0.1) is 27.8 Å². The molecule has 1 aliphatic carbocycles. The molecule has 0 heterocycles. The van der Waals surface area contributed by atoms with Crippen molar-refractivity contribution in [2.24, 2.45) is 11.8 Å². The van der Waals surface area contributed by atoms with E-state index in [-0.39, 0.29) is 11.3 Å². The van der Waals surface area contributed by atoms with Crippen molar-refractivity contribution in [1.82, 2.24) is 5.32 Å². The van der Waals surface area contributed by atoms with Gasteiger partial charge in [0.2, 0.25) is 0 Å². The summed E-state index contributed by atoms with van der Waals surface area (Å²) in [7, 11) is 0. The maximum absolute atomic E-state index is 13.6. The lowest BCUT2D eigenvalue weighted by Crippen LogP contribution is -2.33. The number of non-ortho nitro benzene ring substituents is 1. The predicted octanol–water partition coefficient (Wildman–Crippen LogP) is 3.29. The second-order valence-electron chi connectivity index (χ2n) is 5.65. The third-order valence-electron chi connectivity index (χ3n) is 4.22. The van der Waals surface area contributed by atoms with Crippen LogP contribution in [0.4, 0.5) is 10.1 Å². The predicted molar refractivity (Wildman–Crippen MR) is 76.5 cm³/mol. The highest BCUT2D eigenvalue weighted by molar-refractivity contribution is 5.95. The zero-order chi connectivity index (χ0) is 15.4. The van der Waals surface area contributed by atoms with E-state index < -0.39 is 16.6 Å². The molecule has 1 saturated carbocycles. The molecule has 1 amide bonds. The fraction of sp³-hybridized carbons (Fsp3) is 0.533. The fourth-order valence-electron chi connectivity index (χ4n) is 2.82. The lowest BCUT2D eigenvalue weighted by molar-refractivity contribution is -0.384. The van der Waals surface area contributed by atoms with Gasteiger partial charge in [-0.2, -0.15) is 0 Å². The van der Waals surface area contributed by atoms with Crippen molar-refractivity contribution in [3.63, 3.8) is 0 Å². The van der Waals surface area contributed by atoms with Crippen molar-refractivity contribution in [2.45, 2.75) is 32.6 Å². The van der Waals surface area contributed by atoms with E-state index in [4.69, 9.17) is 0 Å². The van der Waals surface area contributed by atoms with E-state index >= 15 is 0 Å². The monoisotopic (exact) mass is 294 g/mol. The molecule has 0 aromatic heterocycles. The van der Waals surface area contributed by atoms with Gasteiger partial charge in [0.05, 0.1) is 10.5 Å². The van der Waals surface area contributed by atoms with E-state index in [1.165, 1.54) is 6.42 Å². The summed E-state index contributed by atoms with van der Waals surface area (Å²) in [6.45, 7) is 2.64. The van der Waals surface area contributed by atoms with E-state index in [1.54, 1.807) is 0 Å². The molecule has 1 N–H and O–H groups in total. The van der Waals surface area contributed by atoms with Gasteiger partial charge in [-0.1, -0.05) is 26.2 Å². The minimum atomic E-state index is -0.741. The summed E-state index contributed by atoms with van der Waals surface area (Å²) >= 11 is 0. The van der Waals surface area contributed by atoms with Crippen molar-refractivity contribution in [1.29, 1.82) is 0 Å². The van der Waals surface area contributed by atoms with Crippen molar-refractivity contribution in [3.8, 4) is 0 Å². The van der Waals surface area contributed by atoms with E-state index in [2.05, 4.69) is 12.2 Å². The van der Waals surface area contributed by atoms with Crippen LogP contribution in [0.1, 0.15) is 43.0 Å². The van der Waals surface area contributed by atoms with Gasteiger partial charge in [-0.3, -0.25) is 14.9 Å². The van der Waals surface area contributed by atoms with Crippen LogP contribution in [0.15, 0.2) is 18.2 Å². The van der Waals surface area contributed by atoms with Gasteiger partial charge in [0.15, 0.2) is 0 Å². The van der Waals surface area contributed by atoms with Crippen LogP contribution in [0.25, 0.3) is 0 Å². The fourth-order valence-corrected chi connectivity index (χ4v) is 2.82. The summed E-state index contributed by atoms with van der Waals surface area (Å²) in [6.07, 6.45) is 4.56. The van der Waals surface area contributed by atoms with Gasteiger partial charge >= 0.3 is 0 Å². The average molecular weight is 294 g/mol. The summed E-state index contributed by atoms with van der Waals surface area (Å²) in [5.74, 6) is -0.401. The lowest BCUT2D eigenvalue weighted by Gasteiger charge is -2.28. The molecule has 0 aliphatic heterocycles. The number of hydrogen-bond acceptors (Lipinski definition) is 3. The minimum absolute atomic E-state index is 0.271. The highest BCUT2D eigenvalue weighted by atomic mass is 19.1. The van der Waals surface area contributed by atoms with Gasteiger partial charge in [-0.15, -0.1) is 0 Å². The van der Waals surface area contributed by atoms with Crippen LogP contribution in [0.5, 0.6) is 0 Å².